The molecular formula is C18H23NO2. The Hall–Kier alpha value is -2.03. The molecule has 112 valence electrons. The highest BCUT2D eigenvalue weighted by Crippen LogP contribution is 2.19. The van der Waals surface area contributed by atoms with E-state index in [1.54, 1.807) is 12.1 Å². The third-order valence-corrected chi connectivity index (χ3v) is 4.03. The van der Waals surface area contributed by atoms with Crippen molar-refractivity contribution in [3.05, 3.63) is 58.4 Å². The van der Waals surface area contributed by atoms with E-state index in [-0.39, 0.29) is 0 Å². The molecule has 0 aliphatic rings. The standard InChI is InChI=1S/C18H23NO2/c1-4-5-6-17-11-13(2)14(3)19(17)12-15-7-9-16(10-8-15)18(20)21/h7-11H,4-6,12H2,1-3H3,(H,20,21). The van der Waals surface area contributed by atoms with Gasteiger partial charge >= 0.3 is 5.97 Å². The Kier molecular flexibility index (Phi) is 4.84. The molecule has 1 heterocycles. The molecule has 0 atom stereocenters. The second kappa shape index (κ2) is 6.61. The smallest absolute Gasteiger partial charge is 0.335 e. The number of carboxylic acid groups (broad SMARTS) is 1. The zero-order chi connectivity index (χ0) is 15.4. The van der Waals surface area contributed by atoms with Gasteiger partial charge in [-0.2, -0.15) is 0 Å². The van der Waals surface area contributed by atoms with E-state index < -0.39 is 5.97 Å². The second-order valence-electron chi connectivity index (χ2n) is 5.60. The summed E-state index contributed by atoms with van der Waals surface area (Å²) < 4.78 is 2.35. The van der Waals surface area contributed by atoms with Crippen LogP contribution in [0.25, 0.3) is 0 Å². The predicted octanol–water partition coefficient (Wildman–Crippen LogP) is 4.19. The lowest BCUT2D eigenvalue weighted by atomic mass is 10.1. The predicted molar refractivity (Wildman–Crippen MR) is 85.0 cm³/mol. The van der Waals surface area contributed by atoms with Crippen molar-refractivity contribution in [1.29, 1.82) is 0 Å². The fraction of sp³-hybridized carbons (Fsp3) is 0.389. The normalized spacial score (nSPS) is 10.8. The van der Waals surface area contributed by atoms with Crippen LogP contribution in [-0.2, 0) is 13.0 Å². The molecule has 3 nitrogen and oxygen atoms in total. The van der Waals surface area contributed by atoms with E-state index in [1.807, 2.05) is 12.1 Å². The number of hydrogen-bond acceptors (Lipinski definition) is 1. The SMILES string of the molecule is CCCCc1cc(C)c(C)n1Cc1ccc(C(=O)O)cc1. The number of rotatable bonds is 6. The van der Waals surface area contributed by atoms with Gasteiger partial charge in [0, 0.05) is 17.9 Å². The first-order chi connectivity index (χ1) is 10.0. The van der Waals surface area contributed by atoms with Gasteiger partial charge in [0.05, 0.1) is 5.56 Å². The van der Waals surface area contributed by atoms with E-state index in [0.717, 1.165) is 18.5 Å². The van der Waals surface area contributed by atoms with Crippen LogP contribution in [0.3, 0.4) is 0 Å². The lowest BCUT2D eigenvalue weighted by Crippen LogP contribution is -2.07. The second-order valence-corrected chi connectivity index (χ2v) is 5.60. The molecule has 0 bridgehead atoms. The van der Waals surface area contributed by atoms with Crippen molar-refractivity contribution in [3.63, 3.8) is 0 Å². The minimum atomic E-state index is -0.877. The summed E-state index contributed by atoms with van der Waals surface area (Å²) in [5, 5.41) is 8.95. The Bertz CT molecular complexity index is 623. The van der Waals surface area contributed by atoms with E-state index in [9.17, 15) is 4.79 Å². The number of carboxylic acids is 1. The molecule has 0 saturated heterocycles. The van der Waals surface area contributed by atoms with Gasteiger partial charge in [0.25, 0.3) is 0 Å². The zero-order valence-electron chi connectivity index (χ0n) is 13.0. The Labute approximate surface area is 126 Å². The summed E-state index contributed by atoms with van der Waals surface area (Å²) in [5.41, 5.74) is 5.46. The first-order valence-corrected chi connectivity index (χ1v) is 7.50. The number of aryl methyl sites for hydroxylation is 2. The van der Waals surface area contributed by atoms with Gasteiger partial charge in [-0.25, -0.2) is 4.79 Å². The molecule has 0 aliphatic heterocycles. The summed E-state index contributed by atoms with van der Waals surface area (Å²) >= 11 is 0. The Morgan fingerprint density at radius 3 is 2.43 bits per heavy atom. The molecule has 21 heavy (non-hydrogen) atoms. The number of benzene rings is 1. The first kappa shape index (κ1) is 15.4. The minimum absolute atomic E-state index is 0.338. The van der Waals surface area contributed by atoms with Crippen molar-refractivity contribution >= 4 is 5.97 Å². The molecule has 0 radical (unpaired) electrons. The van der Waals surface area contributed by atoms with Gasteiger partial charge in [-0.1, -0.05) is 25.5 Å². The maximum Gasteiger partial charge on any atom is 0.335 e. The number of nitrogens with zero attached hydrogens (tertiary/aromatic N) is 1. The van der Waals surface area contributed by atoms with Crippen molar-refractivity contribution in [3.8, 4) is 0 Å². The molecule has 1 N–H and O–H groups in total. The lowest BCUT2D eigenvalue weighted by molar-refractivity contribution is 0.0697. The van der Waals surface area contributed by atoms with Crippen molar-refractivity contribution in [2.24, 2.45) is 0 Å². The molecule has 0 aliphatic carbocycles. The molecule has 2 aromatic rings. The molecule has 0 unspecified atom stereocenters. The van der Waals surface area contributed by atoms with Gasteiger partial charge in [0.1, 0.15) is 0 Å². The highest BCUT2D eigenvalue weighted by molar-refractivity contribution is 5.87. The Balaban J connectivity index is 2.23. The largest absolute Gasteiger partial charge is 0.478 e. The van der Waals surface area contributed by atoms with Gasteiger partial charge in [-0.3, -0.25) is 0 Å². The minimum Gasteiger partial charge on any atom is -0.478 e. The van der Waals surface area contributed by atoms with Crippen LogP contribution in [0.1, 0.15) is 52.6 Å². The molecule has 0 fully saturated rings. The maximum atomic E-state index is 10.9. The van der Waals surface area contributed by atoms with Crippen LogP contribution in [-0.4, -0.2) is 15.6 Å². The topological polar surface area (TPSA) is 42.2 Å². The van der Waals surface area contributed by atoms with Gasteiger partial charge in [0.15, 0.2) is 0 Å². The van der Waals surface area contributed by atoms with Crippen molar-refractivity contribution in [1.82, 2.24) is 4.57 Å². The monoisotopic (exact) mass is 285 g/mol. The van der Waals surface area contributed by atoms with Crippen LogP contribution in [0, 0.1) is 13.8 Å². The summed E-state index contributed by atoms with van der Waals surface area (Å²) in [5.74, 6) is -0.877. The van der Waals surface area contributed by atoms with E-state index in [1.165, 1.54) is 29.8 Å². The third-order valence-electron chi connectivity index (χ3n) is 4.03. The van der Waals surface area contributed by atoms with E-state index in [0.29, 0.717) is 5.56 Å². The molecular weight excluding hydrogens is 262 g/mol. The number of aromatic carboxylic acids is 1. The van der Waals surface area contributed by atoms with Crippen LogP contribution in [0.4, 0.5) is 0 Å². The van der Waals surface area contributed by atoms with E-state index in [4.69, 9.17) is 5.11 Å². The zero-order valence-corrected chi connectivity index (χ0v) is 13.0. The molecule has 0 spiro atoms. The Morgan fingerprint density at radius 2 is 1.86 bits per heavy atom. The first-order valence-electron chi connectivity index (χ1n) is 7.50. The molecule has 1 aromatic carbocycles. The summed E-state index contributed by atoms with van der Waals surface area (Å²) in [7, 11) is 0. The average molecular weight is 285 g/mol. The molecule has 1 aromatic heterocycles. The van der Waals surface area contributed by atoms with Gasteiger partial charge in [-0.15, -0.1) is 0 Å². The van der Waals surface area contributed by atoms with Gasteiger partial charge in [0.2, 0.25) is 0 Å². The van der Waals surface area contributed by atoms with E-state index in [2.05, 4.69) is 31.4 Å². The number of carbonyl (C=O) groups is 1. The number of unbranched alkanes of at least 4 members (excludes halogenated alkanes) is 1. The van der Waals surface area contributed by atoms with Crippen LogP contribution in [0.5, 0.6) is 0 Å². The highest BCUT2D eigenvalue weighted by atomic mass is 16.4. The summed E-state index contributed by atoms with van der Waals surface area (Å²) in [6.45, 7) is 7.31. The number of aromatic nitrogens is 1. The van der Waals surface area contributed by atoms with Gasteiger partial charge in [-0.05, 0) is 56.0 Å². The van der Waals surface area contributed by atoms with Crippen LogP contribution in [0.15, 0.2) is 30.3 Å². The maximum absolute atomic E-state index is 10.9. The third kappa shape index (κ3) is 3.54. The van der Waals surface area contributed by atoms with Gasteiger partial charge < -0.3 is 9.67 Å². The van der Waals surface area contributed by atoms with Crippen LogP contribution in [0.2, 0.25) is 0 Å². The fourth-order valence-corrected chi connectivity index (χ4v) is 2.58. The average Bonchev–Trinajstić information content (AvgIpc) is 2.73. The van der Waals surface area contributed by atoms with Crippen LogP contribution < -0.4 is 0 Å². The number of hydrogen-bond donors (Lipinski definition) is 1. The Morgan fingerprint density at radius 1 is 1.19 bits per heavy atom. The van der Waals surface area contributed by atoms with Crippen molar-refractivity contribution in [2.75, 3.05) is 0 Å². The van der Waals surface area contributed by atoms with Crippen molar-refractivity contribution < 1.29 is 9.90 Å². The summed E-state index contributed by atoms with van der Waals surface area (Å²) in [6, 6.07) is 9.43. The summed E-state index contributed by atoms with van der Waals surface area (Å²) in [4.78, 5) is 10.9. The quantitative estimate of drug-likeness (QED) is 0.864. The molecule has 0 saturated carbocycles. The van der Waals surface area contributed by atoms with E-state index >= 15 is 0 Å². The lowest BCUT2D eigenvalue weighted by Gasteiger charge is -2.12. The fourth-order valence-electron chi connectivity index (χ4n) is 2.58. The molecule has 2 rings (SSSR count). The highest BCUT2D eigenvalue weighted by Gasteiger charge is 2.10. The molecule has 0 amide bonds. The van der Waals surface area contributed by atoms with Crippen LogP contribution >= 0.6 is 0 Å². The van der Waals surface area contributed by atoms with Crippen molar-refractivity contribution in [2.45, 2.75) is 46.6 Å². The summed E-state index contributed by atoms with van der Waals surface area (Å²) in [6.07, 6.45) is 3.48. The molecule has 3 heteroatoms.